The van der Waals surface area contributed by atoms with Gasteiger partial charge in [0.1, 0.15) is 17.6 Å². The van der Waals surface area contributed by atoms with Crippen LogP contribution in [0.1, 0.15) is 29.2 Å². The minimum Gasteiger partial charge on any atom is -0.460 e. The van der Waals surface area contributed by atoms with Gasteiger partial charge in [-0.1, -0.05) is 40.9 Å². The Kier molecular flexibility index (Phi) is 10.3. The largest absolute Gasteiger partial charge is 0.460 e. The second-order valence-corrected chi connectivity index (χ2v) is 9.69. The first-order valence-corrected chi connectivity index (χ1v) is 12.8. The number of ether oxygens (including phenoxy) is 2. The first-order valence-electron chi connectivity index (χ1n) is 10.9. The topological polar surface area (TPSA) is 128 Å². The molecule has 15 heteroatoms. The molecule has 0 fully saturated rings. The van der Waals surface area contributed by atoms with E-state index in [9.17, 15) is 14.4 Å². The van der Waals surface area contributed by atoms with Gasteiger partial charge < -0.3 is 20.1 Å². The summed E-state index contributed by atoms with van der Waals surface area (Å²) in [6.07, 6.45) is -0.323. The Hall–Kier alpha value is -2.90. The number of carbonyl (C=O) groups is 3. The molecule has 202 valence electrons. The molecule has 2 aromatic heterocycles. The fraction of sp³-hybridized carbons (Fsp3) is 0.261. The quantitative estimate of drug-likeness (QED) is 0.299. The molecule has 2 N–H and O–H groups in total. The van der Waals surface area contributed by atoms with Crippen molar-refractivity contribution in [2.24, 2.45) is 0 Å². The van der Waals surface area contributed by atoms with E-state index in [4.69, 9.17) is 44.3 Å². The summed E-state index contributed by atoms with van der Waals surface area (Å²) >= 11 is 21.7. The van der Waals surface area contributed by atoms with Crippen LogP contribution in [0.25, 0.3) is 0 Å². The lowest BCUT2D eigenvalue weighted by Crippen LogP contribution is -2.31. The number of amides is 2. The summed E-state index contributed by atoms with van der Waals surface area (Å²) in [5.74, 6) is -0.837. The molecular weight excluding hydrogens is 627 g/mol. The molecule has 0 saturated heterocycles. The molecule has 11 nitrogen and oxygen atoms in total. The van der Waals surface area contributed by atoms with Crippen molar-refractivity contribution in [3.05, 3.63) is 67.5 Å². The van der Waals surface area contributed by atoms with Crippen LogP contribution in [0.5, 0.6) is 0 Å². The highest BCUT2D eigenvalue weighted by Crippen LogP contribution is 2.31. The first-order chi connectivity index (χ1) is 18.0. The maximum absolute atomic E-state index is 12.9. The van der Waals surface area contributed by atoms with Gasteiger partial charge >= 0.3 is 12.1 Å². The molecule has 3 rings (SSSR count). The van der Waals surface area contributed by atoms with Crippen LogP contribution >= 0.6 is 50.7 Å². The summed E-state index contributed by atoms with van der Waals surface area (Å²) < 4.78 is 12.0. The van der Waals surface area contributed by atoms with E-state index in [1.54, 1.807) is 31.3 Å². The second kappa shape index (κ2) is 13.3. The molecule has 1 atom stereocenters. The monoisotopic (exact) mass is 646 g/mol. The zero-order valence-electron chi connectivity index (χ0n) is 20.3. The van der Waals surface area contributed by atoms with Gasteiger partial charge in [-0.2, -0.15) is 5.10 Å². The minimum atomic E-state index is -1.02. The van der Waals surface area contributed by atoms with Crippen LogP contribution in [0.4, 0.5) is 16.3 Å². The van der Waals surface area contributed by atoms with Gasteiger partial charge in [0.15, 0.2) is 11.9 Å². The molecule has 0 aliphatic rings. The third-order valence-corrected chi connectivity index (χ3v) is 6.87. The molecule has 0 saturated carbocycles. The fourth-order valence-corrected chi connectivity index (χ4v) is 4.27. The van der Waals surface area contributed by atoms with Crippen molar-refractivity contribution >= 4 is 80.2 Å². The van der Waals surface area contributed by atoms with Gasteiger partial charge in [-0.25, -0.2) is 14.5 Å². The number of hydrogen-bond donors (Lipinski definition) is 2. The number of carbonyl (C=O) groups excluding carboxylic acids is 3. The van der Waals surface area contributed by atoms with Crippen LogP contribution in [0.3, 0.4) is 0 Å². The highest BCUT2D eigenvalue weighted by atomic mass is 79.9. The number of aromatic nitrogens is 3. The summed E-state index contributed by atoms with van der Waals surface area (Å²) in [6.45, 7) is 1.47. The Balaban J connectivity index is 1.73. The molecular formula is C23H22BrCl3N6O5. The minimum absolute atomic E-state index is 0.0234. The smallest absolute Gasteiger partial charge is 0.417 e. The van der Waals surface area contributed by atoms with Gasteiger partial charge in [-0.05, 0) is 54.2 Å². The SMILES string of the molecule is CNCC(=O)OCc1cccnc1N(C)C(=O)OC(C)n1nc(C(=O)Nc2ccc(Cl)cc2Cl)c(Br)c1Cl. The third kappa shape index (κ3) is 7.14. The maximum Gasteiger partial charge on any atom is 0.417 e. The van der Waals surface area contributed by atoms with E-state index in [0.29, 0.717) is 16.3 Å². The number of anilines is 2. The van der Waals surface area contributed by atoms with Gasteiger partial charge in [-0.3, -0.25) is 14.5 Å². The standard InChI is InChI=1S/C23H22BrCl3N6O5/c1-12(38-23(36)32(3)21-13(5-4-8-29-21)11-37-17(34)10-28-2)33-20(27)18(24)19(31-33)22(35)30-16-7-6-14(25)9-15(16)26/h4-9,12,28H,10-11H2,1-3H3,(H,30,35). The molecule has 0 aliphatic carbocycles. The molecule has 3 aromatic rings. The molecule has 2 heterocycles. The predicted octanol–water partition coefficient (Wildman–Crippen LogP) is 5.31. The Bertz CT molecular complexity index is 1360. The van der Waals surface area contributed by atoms with Gasteiger partial charge in [-0.15, -0.1) is 0 Å². The van der Waals surface area contributed by atoms with E-state index in [0.717, 1.165) is 9.58 Å². The Morgan fingerprint density at radius 2 is 1.95 bits per heavy atom. The van der Waals surface area contributed by atoms with E-state index in [1.165, 1.54) is 26.2 Å². The summed E-state index contributed by atoms with van der Waals surface area (Å²) in [5, 5.41) is 10.2. The molecule has 0 aliphatic heterocycles. The summed E-state index contributed by atoms with van der Waals surface area (Å²) in [6, 6.07) is 7.92. The predicted molar refractivity (Wildman–Crippen MR) is 147 cm³/mol. The highest BCUT2D eigenvalue weighted by Gasteiger charge is 2.27. The van der Waals surface area contributed by atoms with E-state index in [1.807, 2.05) is 0 Å². The molecule has 38 heavy (non-hydrogen) atoms. The number of esters is 1. The Morgan fingerprint density at radius 1 is 1.21 bits per heavy atom. The van der Waals surface area contributed by atoms with Gasteiger partial charge in [0.2, 0.25) is 0 Å². The maximum atomic E-state index is 12.9. The molecule has 0 radical (unpaired) electrons. The zero-order chi connectivity index (χ0) is 28.0. The van der Waals surface area contributed by atoms with Crippen LogP contribution in [0, 0.1) is 0 Å². The molecule has 1 aromatic carbocycles. The second-order valence-electron chi connectivity index (χ2n) is 7.70. The number of hydrogen-bond acceptors (Lipinski definition) is 8. The van der Waals surface area contributed by atoms with Gasteiger partial charge in [0.25, 0.3) is 5.91 Å². The Morgan fingerprint density at radius 3 is 2.63 bits per heavy atom. The lowest BCUT2D eigenvalue weighted by Gasteiger charge is -2.22. The average molecular weight is 649 g/mol. The summed E-state index contributed by atoms with van der Waals surface area (Å²) in [5.41, 5.74) is 0.749. The van der Waals surface area contributed by atoms with Crippen LogP contribution in [-0.2, 0) is 20.9 Å². The van der Waals surface area contributed by atoms with Gasteiger partial charge in [0.05, 0.1) is 21.7 Å². The first kappa shape index (κ1) is 29.7. The van der Waals surface area contributed by atoms with E-state index in [-0.39, 0.29) is 39.3 Å². The van der Waals surface area contributed by atoms with Crippen molar-refractivity contribution in [2.75, 3.05) is 30.9 Å². The molecule has 1 unspecified atom stereocenters. The number of nitrogens with zero attached hydrogens (tertiary/aromatic N) is 4. The van der Waals surface area contributed by atoms with Crippen molar-refractivity contribution in [3.8, 4) is 0 Å². The zero-order valence-corrected chi connectivity index (χ0v) is 24.2. The number of halogens is 4. The van der Waals surface area contributed by atoms with Crippen molar-refractivity contribution in [2.45, 2.75) is 19.8 Å². The van der Waals surface area contributed by atoms with Crippen LogP contribution in [0.2, 0.25) is 15.2 Å². The number of nitrogens with one attached hydrogen (secondary N) is 2. The van der Waals surface area contributed by atoms with Crippen LogP contribution < -0.4 is 15.5 Å². The fourth-order valence-electron chi connectivity index (χ4n) is 3.11. The van der Waals surface area contributed by atoms with Crippen molar-refractivity contribution < 1.29 is 23.9 Å². The van der Waals surface area contributed by atoms with Crippen molar-refractivity contribution in [1.82, 2.24) is 20.1 Å². The summed E-state index contributed by atoms with van der Waals surface area (Å²) in [7, 11) is 3.07. The molecule has 0 bridgehead atoms. The van der Waals surface area contributed by atoms with Crippen LogP contribution in [-0.4, -0.2) is 53.4 Å². The summed E-state index contributed by atoms with van der Waals surface area (Å²) in [4.78, 5) is 42.8. The van der Waals surface area contributed by atoms with E-state index < -0.39 is 24.2 Å². The van der Waals surface area contributed by atoms with Crippen molar-refractivity contribution in [1.29, 1.82) is 0 Å². The average Bonchev–Trinajstić information content (AvgIpc) is 3.18. The normalized spacial score (nSPS) is 11.6. The lowest BCUT2D eigenvalue weighted by molar-refractivity contribution is -0.143. The molecule has 0 spiro atoms. The number of benzene rings is 1. The molecule has 2 amide bonds. The van der Waals surface area contributed by atoms with E-state index >= 15 is 0 Å². The Labute approximate surface area is 241 Å². The van der Waals surface area contributed by atoms with Crippen molar-refractivity contribution in [3.63, 3.8) is 0 Å². The van der Waals surface area contributed by atoms with Gasteiger partial charge in [0, 0.05) is 23.8 Å². The van der Waals surface area contributed by atoms with Crippen LogP contribution in [0.15, 0.2) is 41.0 Å². The number of likely N-dealkylation sites (N-methyl/N-ethyl adjacent to an activating group) is 1. The third-order valence-electron chi connectivity index (χ3n) is 4.98. The number of pyridine rings is 1. The lowest BCUT2D eigenvalue weighted by atomic mass is 10.2. The number of rotatable bonds is 9. The highest BCUT2D eigenvalue weighted by molar-refractivity contribution is 9.10. The van der Waals surface area contributed by atoms with E-state index in [2.05, 4.69) is 36.6 Å².